The van der Waals surface area contributed by atoms with Gasteiger partial charge in [0.25, 0.3) is 0 Å². The van der Waals surface area contributed by atoms with Crippen LogP contribution in [0.5, 0.6) is 0 Å². The standard InChI is InChI=1S/C48H30N2S/c1-4-14-31(15-5-1)37-24-38(26-39(25-37)44-30-43(32-16-6-2-7-17-32)49-48(50-44)33-18-8-3-9-19-33)41-28-36-22-12-13-23-40(36)46-42-27-34-20-10-11-21-35(34)29-45(42)51-47(41)46/h1-30H. The molecular formula is C48H30N2S. The molecule has 238 valence electrons. The topological polar surface area (TPSA) is 25.8 Å². The molecular weight excluding hydrogens is 637 g/mol. The van der Waals surface area contributed by atoms with Gasteiger partial charge in [0.15, 0.2) is 5.82 Å². The Morgan fingerprint density at radius 2 is 0.902 bits per heavy atom. The predicted octanol–water partition coefficient (Wildman–Crippen LogP) is 13.5. The van der Waals surface area contributed by atoms with Crippen molar-refractivity contribution in [3.63, 3.8) is 0 Å². The zero-order chi connectivity index (χ0) is 33.7. The molecule has 2 heterocycles. The molecule has 0 aliphatic carbocycles. The van der Waals surface area contributed by atoms with E-state index in [-0.39, 0.29) is 0 Å². The molecule has 0 bridgehead atoms. The lowest BCUT2D eigenvalue weighted by atomic mass is 9.92. The average Bonchev–Trinajstić information content (AvgIpc) is 3.59. The summed E-state index contributed by atoms with van der Waals surface area (Å²) in [6, 6.07) is 65.0. The smallest absolute Gasteiger partial charge is 0.160 e. The number of fused-ring (bicyclic) bond motifs is 6. The Bertz CT molecular complexity index is 2840. The molecule has 3 heteroatoms. The van der Waals surface area contributed by atoms with Crippen LogP contribution < -0.4 is 0 Å². The lowest BCUT2D eigenvalue weighted by Crippen LogP contribution is -1.96. The number of benzene rings is 8. The van der Waals surface area contributed by atoms with E-state index in [0.29, 0.717) is 5.82 Å². The molecule has 2 nitrogen and oxygen atoms in total. The molecule has 10 aromatic rings. The predicted molar refractivity (Wildman–Crippen MR) is 217 cm³/mol. The molecule has 8 aromatic carbocycles. The first kappa shape index (κ1) is 29.5. The lowest BCUT2D eigenvalue weighted by Gasteiger charge is -2.14. The van der Waals surface area contributed by atoms with E-state index in [1.54, 1.807) is 0 Å². The summed E-state index contributed by atoms with van der Waals surface area (Å²) in [4.78, 5) is 10.3. The van der Waals surface area contributed by atoms with E-state index in [9.17, 15) is 0 Å². The van der Waals surface area contributed by atoms with E-state index < -0.39 is 0 Å². The minimum atomic E-state index is 0.711. The van der Waals surface area contributed by atoms with Crippen molar-refractivity contribution >= 4 is 53.1 Å². The Morgan fingerprint density at radius 3 is 1.63 bits per heavy atom. The van der Waals surface area contributed by atoms with E-state index in [2.05, 4.69) is 158 Å². The van der Waals surface area contributed by atoms with Crippen LogP contribution in [0, 0.1) is 0 Å². The first-order valence-electron chi connectivity index (χ1n) is 17.2. The third-order valence-electron chi connectivity index (χ3n) is 9.81. The van der Waals surface area contributed by atoms with Gasteiger partial charge in [0.1, 0.15) is 0 Å². The molecule has 10 rings (SSSR count). The van der Waals surface area contributed by atoms with Crippen molar-refractivity contribution in [2.24, 2.45) is 0 Å². The first-order valence-corrected chi connectivity index (χ1v) is 18.0. The first-order chi connectivity index (χ1) is 25.2. The molecule has 0 unspecified atom stereocenters. The summed E-state index contributed by atoms with van der Waals surface area (Å²) in [6.45, 7) is 0. The SMILES string of the molecule is c1ccc(-c2cc(-c3cc(-c4ccccc4)nc(-c4ccccc4)n3)cc(-c3cc4ccccc4c4c3sc3cc5ccccc5cc34)c2)cc1. The molecule has 2 aromatic heterocycles. The van der Waals surface area contributed by atoms with Gasteiger partial charge in [-0.05, 0) is 80.7 Å². The molecule has 0 spiro atoms. The van der Waals surface area contributed by atoms with Crippen LogP contribution >= 0.6 is 11.3 Å². The van der Waals surface area contributed by atoms with E-state index in [4.69, 9.17) is 9.97 Å². The number of rotatable bonds is 5. The molecule has 0 saturated carbocycles. The van der Waals surface area contributed by atoms with Crippen molar-refractivity contribution in [1.29, 1.82) is 0 Å². The minimum Gasteiger partial charge on any atom is -0.228 e. The molecule has 0 saturated heterocycles. The highest BCUT2D eigenvalue weighted by Gasteiger charge is 2.18. The van der Waals surface area contributed by atoms with Crippen LogP contribution in [0.15, 0.2) is 182 Å². The highest BCUT2D eigenvalue weighted by Crippen LogP contribution is 2.46. The number of hydrogen-bond acceptors (Lipinski definition) is 3. The molecule has 0 radical (unpaired) electrons. The molecule has 0 N–H and O–H groups in total. The number of thiophene rings is 1. The summed E-state index contributed by atoms with van der Waals surface area (Å²) in [5, 5.41) is 7.68. The maximum atomic E-state index is 5.24. The molecule has 0 amide bonds. The Kier molecular flexibility index (Phi) is 7.04. The van der Waals surface area contributed by atoms with Gasteiger partial charge in [-0.2, -0.15) is 0 Å². The van der Waals surface area contributed by atoms with Crippen molar-refractivity contribution < 1.29 is 0 Å². The highest BCUT2D eigenvalue weighted by molar-refractivity contribution is 7.26. The van der Waals surface area contributed by atoms with Crippen LogP contribution in [0.4, 0.5) is 0 Å². The van der Waals surface area contributed by atoms with Gasteiger partial charge in [-0.15, -0.1) is 11.3 Å². The van der Waals surface area contributed by atoms with Crippen LogP contribution in [0.1, 0.15) is 0 Å². The largest absolute Gasteiger partial charge is 0.228 e. The second kappa shape index (κ2) is 12.2. The molecule has 0 atom stereocenters. The Labute approximate surface area is 300 Å². The van der Waals surface area contributed by atoms with Gasteiger partial charge in [-0.1, -0.05) is 140 Å². The van der Waals surface area contributed by atoms with Crippen LogP contribution in [-0.2, 0) is 0 Å². The second-order valence-electron chi connectivity index (χ2n) is 13.0. The zero-order valence-corrected chi connectivity index (χ0v) is 28.4. The summed E-state index contributed by atoms with van der Waals surface area (Å²) < 4.78 is 2.60. The van der Waals surface area contributed by atoms with Crippen molar-refractivity contribution in [1.82, 2.24) is 9.97 Å². The van der Waals surface area contributed by atoms with Gasteiger partial charge in [-0.25, -0.2) is 9.97 Å². The second-order valence-corrected chi connectivity index (χ2v) is 14.1. The maximum Gasteiger partial charge on any atom is 0.160 e. The zero-order valence-electron chi connectivity index (χ0n) is 27.6. The van der Waals surface area contributed by atoms with Gasteiger partial charge in [0, 0.05) is 42.4 Å². The fraction of sp³-hybridized carbons (Fsp3) is 0. The Morgan fingerprint density at radius 1 is 0.353 bits per heavy atom. The van der Waals surface area contributed by atoms with Gasteiger partial charge in [-0.3, -0.25) is 0 Å². The van der Waals surface area contributed by atoms with Crippen molar-refractivity contribution in [3.8, 4) is 56.2 Å². The van der Waals surface area contributed by atoms with Crippen LogP contribution in [-0.4, -0.2) is 9.97 Å². The van der Waals surface area contributed by atoms with Gasteiger partial charge < -0.3 is 0 Å². The van der Waals surface area contributed by atoms with E-state index in [1.807, 2.05) is 35.6 Å². The summed E-state index contributed by atoms with van der Waals surface area (Å²) in [6.07, 6.45) is 0. The number of nitrogens with zero attached hydrogens (tertiary/aromatic N) is 2. The van der Waals surface area contributed by atoms with Crippen LogP contribution in [0.2, 0.25) is 0 Å². The number of aromatic nitrogens is 2. The van der Waals surface area contributed by atoms with Crippen LogP contribution in [0.25, 0.3) is 97.9 Å². The molecule has 51 heavy (non-hydrogen) atoms. The summed E-state index contributed by atoms with van der Waals surface area (Å²) in [5.41, 5.74) is 9.61. The summed E-state index contributed by atoms with van der Waals surface area (Å²) >= 11 is 1.89. The molecule has 0 aliphatic rings. The van der Waals surface area contributed by atoms with Crippen LogP contribution in [0.3, 0.4) is 0 Å². The fourth-order valence-corrected chi connectivity index (χ4v) is 8.61. The fourth-order valence-electron chi connectivity index (χ4n) is 7.32. The molecule has 0 aliphatic heterocycles. The van der Waals surface area contributed by atoms with Crippen molar-refractivity contribution in [2.45, 2.75) is 0 Å². The third kappa shape index (κ3) is 5.27. The van der Waals surface area contributed by atoms with Crippen molar-refractivity contribution in [3.05, 3.63) is 182 Å². The average molecular weight is 667 g/mol. The highest BCUT2D eigenvalue weighted by atomic mass is 32.1. The van der Waals surface area contributed by atoms with Gasteiger partial charge in [0.05, 0.1) is 11.4 Å². The van der Waals surface area contributed by atoms with E-state index >= 15 is 0 Å². The van der Waals surface area contributed by atoms with E-state index in [1.165, 1.54) is 58.4 Å². The quantitative estimate of drug-likeness (QED) is 0.183. The Balaban J connectivity index is 1.27. The monoisotopic (exact) mass is 666 g/mol. The summed E-state index contributed by atoms with van der Waals surface area (Å²) in [5.74, 6) is 0.711. The van der Waals surface area contributed by atoms with Gasteiger partial charge >= 0.3 is 0 Å². The molecule has 0 fully saturated rings. The normalized spacial score (nSPS) is 11.5. The van der Waals surface area contributed by atoms with Crippen molar-refractivity contribution in [2.75, 3.05) is 0 Å². The third-order valence-corrected chi connectivity index (χ3v) is 11.0. The summed E-state index contributed by atoms with van der Waals surface area (Å²) in [7, 11) is 0. The number of hydrogen-bond donors (Lipinski definition) is 0. The maximum absolute atomic E-state index is 5.24. The van der Waals surface area contributed by atoms with Gasteiger partial charge in [0.2, 0.25) is 0 Å². The lowest BCUT2D eigenvalue weighted by molar-refractivity contribution is 1.18. The van der Waals surface area contributed by atoms with E-state index in [0.717, 1.165) is 33.6 Å². The Hall–Kier alpha value is -6.42. The minimum absolute atomic E-state index is 0.711.